The third-order valence-corrected chi connectivity index (χ3v) is 4.15. The number of hydrogen-bond acceptors (Lipinski definition) is 2. The molecule has 2 rings (SSSR count). The van der Waals surface area contributed by atoms with Crippen molar-refractivity contribution >= 4 is 11.6 Å². The number of rotatable bonds is 5. The number of aromatic nitrogens is 2. The standard InChI is InChI=1S/C16H22ClN3/c1-5-14(18-6-2)13-9-7-8-10-15(13)20-12(4)16(17)11(3)19-20/h7-10,14,18H,5-6H2,1-4H3. The van der Waals surface area contributed by atoms with E-state index in [0.717, 1.165) is 35.1 Å². The van der Waals surface area contributed by atoms with Gasteiger partial charge in [-0.2, -0.15) is 5.10 Å². The number of nitrogens with one attached hydrogen (secondary N) is 1. The molecular weight excluding hydrogens is 270 g/mol. The number of para-hydroxylation sites is 1. The van der Waals surface area contributed by atoms with E-state index in [0.29, 0.717) is 6.04 Å². The first-order valence-electron chi connectivity index (χ1n) is 7.14. The third-order valence-electron chi connectivity index (χ3n) is 3.60. The minimum Gasteiger partial charge on any atom is -0.310 e. The predicted octanol–water partition coefficient (Wildman–Crippen LogP) is 4.20. The summed E-state index contributed by atoms with van der Waals surface area (Å²) in [7, 11) is 0. The van der Waals surface area contributed by atoms with E-state index in [2.05, 4.69) is 42.5 Å². The van der Waals surface area contributed by atoms with Crippen LogP contribution in [0, 0.1) is 13.8 Å². The van der Waals surface area contributed by atoms with Crippen LogP contribution >= 0.6 is 11.6 Å². The molecule has 1 atom stereocenters. The quantitative estimate of drug-likeness (QED) is 0.894. The summed E-state index contributed by atoms with van der Waals surface area (Å²) in [6, 6.07) is 8.72. The average Bonchev–Trinajstić information content (AvgIpc) is 2.72. The fourth-order valence-electron chi connectivity index (χ4n) is 2.55. The first kappa shape index (κ1) is 15.1. The second kappa shape index (κ2) is 6.42. The molecule has 1 aromatic carbocycles. The molecule has 0 saturated heterocycles. The molecule has 1 unspecified atom stereocenters. The molecule has 0 aliphatic heterocycles. The Morgan fingerprint density at radius 3 is 2.50 bits per heavy atom. The lowest BCUT2D eigenvalue weighted by atomic mass is 10.0. The second-order valence-corrected chi connectivity index (χ2v) is 5.35. The van der Waals surface area contributed by atoms with Gasteiger partial charge in [0.25, 0.3) is 0 Å². The third kappa shape index (κ3) is 2.74. The molecule has 1 aromatic heterocycles. The largest absolute Gasteiger partial charge is 0.310 e. The van der Waals surface area contributed by atoms with E-state index in [-0.39, 0.29) is 0 Å². The molecule has 0 bridgehead atoms. The number of nitrogens with zero attached hydrogens (tertiary/aromatic N) is 2. The van der Waals surface area contributed by atoms with Crippen LogP contribution in [0.3, 0.4) is 0 Å². The fraction of sp³-hybridized carbons (Fsp3) is 0.438. The van der Waals surface area contributed by atoms with Gasteiger partial charge in [-0.05, 0) is 38.4 Å². The van der Waals surface area contributed by atoms with Crippen molar-refractivity contribution in [3.63, 3.8) is 0 Å². The maximum atomic E-state index is 6.28. The predicted molar refractivity (Wildman–Crippen MR) is 84.8 cm³/mol. The monoisotopic (exact) mass is 291 g/mol. The first-order valence-corrected chi connectivity index (χ1v) is 7.52. The fourth-order valence-corrected chi connectivity index (χ4v) is 2.67. The molecule has 1 N–H and O–H groups in total. The molecule has 0 aliphatic rings. The van der Waals surface area contributed by atoms with Crippen molar-refractivity contribution in [2.45, 2.75) is 40.2 Å². The number of halogens is 1. The normalized spacial score (nSPS) is 12.7. The molecule has 1 heterocycles. The van der Waals surface area contributed by atoms with Crippen molar-refractivity contribution in [2.75, 3.05) is 6.54 Å². The maximum Gasteiger partial charge on any atom is 0.0848 e. The lowest BCUT2D eigenvalue weighted by molar-refractivity contribution is 0.533. The molecule has 3 nitrogen and oxygen atoms in total. The zero-order valence-electron chi connectivity index (χ0n) is 12.6. The van der Waals surface area contributed by atoms with Gasteiger partial charge >= 0.3 is 0 Å². The van der Waals surface area contributed by atoms with Crippen molar-refractivity contribution < 1.29 is 0 Å². The molecule has 2 aromatic rings. The summed E-state index contributed by atoms with van der Waals surface area (Å²) in [5.74, 6) is 0. The van der Waals surface area contributed by atoms with Crippen LogP contribution < -0.4 is 5.32 Å². The molecule has 0 aliphatic carbocycles. The Morgan fingerprint density at radius 1 is 1.25 bits per heavy atom. The molecule has 0 saturated carbocycles. The molecular formula is C16H22ClN3. The Labute approximate surface area is 126 Å². The highest BCUT2D eigenvalue weighted by atomic mass is 35.5. The van der Waals surface area contributed by atoms with E-state index < -0.39 is 0 Å². The Kier molecular flexibility index (Phi) is 4.84. The Balaban J connectivity index is 2.54. The minimum atomic E-state index is 0.332. The summed E-state index contributed by atoms with van der Waals surface area (Å²) in [5.41, 5.74) is 4.23. The van der Waals surface area contributed by atoms with Gasteiger partial charge < -0.3 is 5.32 Å². The van der Waals surface area contributed by atoms with Crippen molar-refractivity contribution in [1.82, 2.24) is 15.1 Å². The second-order valence-electron chi connectivity index (χ2n) is 4.97. The van der Waals surface area contributed by atoms with Gasteiger partial charge in [0.05, 0.1) is 22.1 Å². The smallest absolute Gasteiger partial charge is 0.0848 e. The van der Waals surface area contributed by atoms with Crippen molar-refractivity contribution in [2.24, 2.45) is 0 Å². The number of benzene rings is 1. The van der Waals surface area contributed by atoms with E-state index in [4.69, 9.17) is 11.6 Å². The highest BCUT2D eigenvalue weighted by molar-refractivity contribution is 6.31. The molecule has 20 heavy (non-hydrogen) atoms. The summed E-state index contributed by atoms with van der Waals surface area (Å²) >= 11 is 6.28. The molecule has 0 fully saturated rings. The summed E-state index contributed by atoms with van der Waals surface area (Å²) in [6.45, 7) is 9.22. The van der Waals surface area contributed by atoms with E-state index in [1.54, 1.807) is 0 Å². The van der Waals surface area contributed by atoms with Gasteiger partial charge in [-0.1, -0.05) is 43.6 Å². The van der Waals surface area contributed by atoms with E-state index in [1.807, 2.05) is 24.6 Å². The first-order chi connectivity index (χ1) is 9.60. The highest BCUT2D eigenvalue weighted by Crippen LogP contribution is 2.28. The van der Waals surface area contributed by atoms with Crippen LogP contribution in [-0.4, -0.2) is 16.3 Å². The Hall–Kier alpha value is -1.32. The van der Waals surface area contributed by atoms with E-state index >= 15 is 0 Å². The zero-order chi connectivity index (χ0) is 14.7. The number of hydrogen-bond donors (Lipinski definition) is 1. The molecule has 0 radical (unpaired) electrons. The number of aryl methyl sites for hydroxylation is 1. The van der Waals surface area contributed by atoms with Crippen LogP contribution in [-0.2, 0) is 0 Å². The molecule has 0 spiro atoms. The molecule has 4 heteroatoms. The van der Waals surface area contributed by atoms with Gasteiger partial charge in [0, 0.05) is 6.04 Å². The molecule has 108 valence electrons. The van der Waals surface area contributed by atoms with E-state index in [1.165, 1.54) is 5.56 Å². The molecule has 0 amide bonds. The van der Waals surface area contributed by atoms with Crippen LogP contribution in [0.25, 0.3) is 5.69 Å². The summed E-state index contributed by atoms with van der Waals surface area (Å²) in [4.78, 5) is 0. The Bertz CT molecular complexity index is 589. The average molecular weight is 292 g/mol. The maximum absolute atomic E-state index is 6.28. The lowest BCUT2D eigenvalue weighted by Gasteiger charge is -2.20. The van der Waals surface area contributed by atoms with Gasteiger partial charge in [-0.3, -0.25) is 0 Å². The summed E-state index contributed by atoms with van der Waals surface area (Å²) < 4.78 is 1.95. The van der Waals surface area contributed by atoms with Gasteiger partial charge in [-0.15, -0.1) is 0 Å². The van der Waals surface area contributed by atoms with Crippen LogP contribution in [0.2, 0.25) is 5.02 Å². The van der Waals surface area contributed by atoms with Crippen molar-refractivity contribution in [3.05, 3.63) is 46.2 Å². The van der Waals surface area contributed by atoms with Crippen LogP contribution in [0.4, 0.5) is 0 Å². The van der Waals surface area contributed by atoms with Crippen molar-refractivity contribution in [3.8, 4) is 5.69 Å². The van der Waals surface area contributed by atoms with Crippen LogP contribution in [0.5, 0.6) is 0 Å². The SMILES string of the molecule is CCNC(CC)c1ccccc1-n1nc(C)c(Cl)c1C. The zero-order valence-corrected chi connectivity index (χ0v) is 13.3. The van der Waals surface area contributed by atoms with Gasteiger partial charge in [0.1, 0.15) is 0 Å². The summed E-state index contributed by atoms with van der Waals surface area (Å²) in [5, 5.41) is 8.85. The van der Waals surface area contributed by atoms with Gasteiger partial charge in [-0.25, -0.2) is 4.68 Å². The van der Waals surface area contributed by atoms with Crippen LogP contribution in [0.1, 0.15) is 43.3 Å². The van der Waals surface area contributed by atoms with Crippen LogP contribution in [0.15, 0.2) is 24.3 Å². The highest BCUT2D eigenvalue weighted by Gasteiger charge is 2.17. The lowest BCUT2D eigenvalue weighted by Crippen LogP contribution is -2.22. The van der Waals surface area contributed by atoms with Gasteiger partial charge in [0.2, 0.25) is 0 Å². The minimum absolute atomic E-state index is 0.332. The van der Waals surface area contributed by atoms with Crippen molar-refractivity contribution in [1.29, 1.82) is 0 Å². The Morgan fingerprint density at radius 2 is 1.95 bits per heavy atom. The summed E-state index contributed by atoms with van der Waals surface area (Å²) in [6.07, 6.45) is 1.04. The van der Waals surface area contributed by atoms with Gasteiger partial charge in [0.15, 0.2) is 0 Å². The topological polar surface area (TPSA) is 29.9 Å². The van der Waals surface area contributed by atoms with E-state index in [9.17, 15) is 0 Å².